The molecule has 0 unspecified atom stereocenters. The molecule has 1 aromatic rings. The number of aromatic nitrogens is 1. The average Bonchev–Trinajstić information content (AvgIpc) is 3.11. The number of piperidine rings is 1. The number of morpholine rings is 1. The first kappa shape index (κ1) is 14.4. The van der Waals surface area contributed by atoms with E-state index in [0.29, 0.717) is 6.04 Å². The minimum atomic E-state index is 0.0196. The highest BCUT2D eigenvalue weighted by molar-refractivity contribution is 5.39. The van der Waals surface area contributed by atoms with Gasteiger partial charge < -0.3 is 14.4 Å². The van der Waals surface area contributed by atoms with Crippen molar-refractivity contribution >= 4 is 5.82 Å². The number of anilines is 1. The van der Waals surface area contributed by atoms with Gasteiger partial charge in [0.25, 0.3) is 0 Å². The van der Waals surface area contributed by atoms with Gasteiger partial charge in [-0.15, -0.1) is 0 Å². The Morgan fingerprint density at radius 2 is 2.05 bits per heavy atom. The van der Waals surface area contributed by atoms with Gasteiger partial charge >= 0.3 is 0 Å². The van der Waals surface area contributed by atoms with E-state index in [1.807, 2.05) is 12.3 Å². The molecule has 1 spiro atoms. The van der Waals surface area contributed by atoms with Crippen molar-refractivity contribution in [2.75, 3.05) is 50.9 Å². The highest BCUT2D eigenvalue weighted by atomic mass is 16.5. The molecular weight excluding hydrogens is 278 g/mol. The predicted molar refractivity (Wildman–Crippen MR) is 85.2 cm³/mol. The summed E-state index contributed by atoms with van der Waals surface area (Å²) in [5.74, 6) is 1.08. The Balaban J connectivity index is 1.40. The van der Waals surface area contributed by atoms with Crippen LogP contribution in [0.4, 0.5) is 5.82 Å². The van der Waals surface area contributed by atoms with Crippen molar-refractivity contribution in [1.82, 2.24) is 9.88 Å². The molecular formula is C17H25N3O2. The van der Waals surface area contributed by atoms with Crippen LogP contribution >= 0.6 is 0 Å². The summed E-state index contributed by atoms with van der Waals surface area (Å²) in [4.78, 5) is 9.49. The first-order valence-electron chi connectivity index (χ1n) is 8.46. The van der Waals surface area contributed by atoms with Crippen molar-refractivity contribution in [1.29, 1.82) is 0 Å². The molecule has 1 aromatic heterocycles. The maximum absolute atomic E-state index is 6.24. The van der Waals surface area contributed by atoms with Crippen LogP contribution in [0.25, 0.3) is 0 Å². The van der Waals surface area contributed by atoms with E-state index in [1.54, 1.807) is 0 Å². The fraction of sp³-hybridized carbons (Fsp3) is 0.706. The standard InChI is InChI=1S/C17H25N3O2/c1-2-7-18-16(3-1)20-10-12-22-17(14-20)5-8-19(9-6-17)15-4-11-21-13-15/h1-3,7,15H,4-6,8-14H2/t15-/m1/s1. The van der Waals surface area contributed by atoms with Crippen LogP contribution in [-0.2, 0) is 9.47 Å². The minimum Gasteiger partial charge on any atom is -0.380 e. The SMILES string of the molecule is c1ccc(N2CCOC3(CCN([C@@H]4CCOC4)CC3)C2)nc1. The number of pyridine rings is 1. The number of hydrogen-bond acceptors (Lipinski definition) is 5. The van der Waals surface area contributed by atoms with Gasteiger partial charge in [-0.1, -0.05) is 6.07 Å². The number of rotatable bonds is 2. The molecule has 3 saturated heterocycles. The largest absolute Gasteiger partial charge is 0.380 e. The van der Waals surface area contributed by atoms with E-state index in [9.17, 15) is 0 Å². The second kappa shape index (κ2) is 6.14. The van der Waals surface area contributed by atoms with Crippen molar-refractivity contribution in [3.63, 3.8) is 0 Å². The Hall–Kier alpha value is -1.17. The Kier molecular flexibility index (Phi) is 4.03. The highest BCUT2D eigenvalue weighted by Gasteiger charge is 2.41. The molecule has 1 atom stereocenters. The Morgan fingerprint density at radius 1 is 1.14 bits per heavy atom. The fourth-order valence-electron chi connectivity index (χ4n) is 3.99. The molecule has 120 valence electrons. The van der Waals surface area contributed by atoms with Crippen molar-refractivity contribution in [2.45, 2.75) is 30.9 Å². The monoisotopic (exact) mass is 303 g/mol. The Labute approximate surface area is 132 Å². The van der Waals surface area contributed by atoms with Gasteiger partial charge in [-0.3, -0.25) is 4.90 Å². The zero-order valence-corrected chi connectivity index (χ0v) is 13.1. The molecule has 5 heteroatoms. The first-order valence-corrected chi connectivity index (χ1v) is 8.46. The second-order valence-corrected chi connectivity index (χ2v) is 6.69. The average molecular weight is 303 g/mol. The maximum Gasteiger partial charge on any atom is 0.128 e. The molecule has 4 rings (SSSR count). The van der Waals surface area contributed by atoms with Crippen molar-refractivity contribution in [2.24, 2.45) is 0 Å². The number of nitrogens with zero attached hydrogens (tertiary/aromatic N) is 3. The van der Waals surface area contributed by atoms with Crippen LogP contribution in [0, 0.1) is 0 Å². The van der Waals surface area contributed by atoms with E-state index in [1.165, 1.54) is 6.42 Å². The zero-order chi connectivity index (χ0) is 14.8. The van der Waals surface area contributed by atoms with Gasteiger partial charge in [0.05, 0.1) is 18.8 Å². The molecule has 22 heavy (non-hydrogen) atoms. The van der Waals surface area contributed by atoms with Crippen LogP contribution in [0.5, 0.6) is 0 Å². The van der Waals surface area contributed by atoms with Crippen molar-refractivity contribution in [3.8, 4) is 0 Å². The first-order chi connectivity index (χ1) is 10.8. The number of likely N-dealkylation sites (tertiary alicyclic amines) is 1. The van der Waals surface area contributed by atoms with Gasteiger partial charge in [0.2, 0.25) is 0 Å². The Bertz CT molecular complexity index is 482. The lowest BCUT2D eigenvalue weighted by atomic mass is 9.88. The summed E-state index contributed by atoms with van der Waals surface area (Å²) in [6, 6.07) is 6.77. The molecule has 0 aliphatic carbocycles. The second-order valence-electron chi connectivity index (χ2n) is 6.69. The van der Waals surface area contributed by atoms with Crippen molar-refractivity contribution < 1.29 is 9.47 Å². The van der Waals surface area contributed by atoms with Gasteiger partial charge in [-0.25, -0.2) is 4.98 Å². The van der Waals surface area contributed by atoms with E-state index in [4.69, 9.17) is 9.47 Å². The van der Waals surface area contributed by atoms with Crippen LogP contribution in [0.1, 0.15) is 19.3 Å². The summed E-state index contributed by atoms with van der Waals surface area (Å²) in [6.07, 6.45) is 5.30. The van der Waals surface area contributed by atoms with Gasteiger partial charge in [-0.05, 0) is 31.4 Å². The molecule has 3 aliphatic rings. The van der Waals surface area contributed by atoms with E-state index in [0.717, 1.165) is 64.7 Å². The lowest BCUT2D eigenvalue weighted by molar-refractivity contribution is -0.0960. The molecule has 0 aromatic carbocycles. The van der Waals surface area contributed by atoms with Crippen molar-refractivity contribution in [3.05, 3.63) is 24.4 Å². The number of ether oxygens (including phenoxy) is 2. The van der Waals surface area contributed by atoms with E-state index < -0.39 is 0 Å². The smallest absolute Gasteiger partial charge is 0.128 e. The van der Waals surface area contributed by atoms with Crippen LogP contribution in [0.2, 0.25) is 0 Å². The molecule has 0 bridgehead atoms. The fourth-order valence-corrected chi connectivity index (χ4v) is 3.99. The summed E-state index contributed by atoms with van der Waals surface area (Å²) in [5, 5.41) is 0. The molecule has 0 amide bonds. The van der Waals surface area contributed by atoms with Crippen LogP contribution in [0.15, 0.2) is 24.4 Å². The molecule has 5 nitrogen and oxygen atoms in total. The summed E-state index contributed by atoms with van der Waals surface area (Å²) < 4.78 is 11.8. The summed E-state index contributed by atoms with van der Waals surface area (Å²) in [7, 11) is 0. The zero-order valence-electron chi connectivity index (χ0n) is 13.1. The van der Waals surface area contributed by atoms with Gasteiger partial charge in [-0.2, -0.15) is 0 Å². The molecule has 0 saturated carbocycles. The van der Waals surface area contributed by atoms with Crippen LogP contribution in [0.3, 0.4) is 0 Å². The molecule has 3 fully saturated rings. The van der Waals surface area contributed by atoms with E-state index in [2.05, 4.69) is 26.9 Å². The predicted octanol–water partition coefficient (Wildman–Crippen LogP) is 1.54. The molecule has 4 heterocycles. The summed E-state index contributed by atoms with van der Waals surface area (Å²) in [6.45, 7) is 6.82. The summed E-state index contributed by atoms with van der Waals surface area (Å²) >= 11 is 0. The lowest BCUT2D eigenvalue weighted by Gasteiger charge is -2.48. The molecule has 0 radical (unpaired) electrons. The van der Waals surface area contributed by atoms with Crippen LogP contribution in [-0.4, -0.2) is 67.5 Å². The maximum atomic E-state index is 6.24. The van der Waals surface area contributed by atoms with E-state index >= 15 is 0 Å². The third-order valence-electron chi connectivity index (χ3n) is 5.35. The number of hydrogen-bond donors (Lipinski definition) is 0. The van der Waals surface area contributed by atoms with E-state index in [-0.39, 0.29) is 5.60 Å². The minimum absolute atomic E-state index is 0.0196. The molecule has 0 N–H and O–H groups in total. The highest BCUT2D eigenvalue weighted by Crippen LogP contribution is 2.33. The van der Waals surface area contributed by atoms with Gasteiger partial charge in [0.1, 0.15) is 5.82 Å². The third-order valence-corrected chi connectivity index (χ3v) is 5.35. The third kappa shape index (κ3) is 2.85. The van der Waals surface area contributed by atoms with Gasteiger partial charge in [0, 0.05) is 45.0 Å². The van der Waals surface area contributed by atoms with Crippen LogP contribution < -0.4 is 4.90 Å². The van der Waals surface area contributed by atoms with Gasteiger partial charge in [0.15, 0.2) is 0 Å². The summed E-state index contributed by atoms with van der Waals surface area (Å²) in [5.41, 5.74) is 0.0196. The molecule has 3 aliphatic heterocycles. The lowest BCUT2D eigenvalue weighted by Crippen LogP contribution is -2.58. The Morgan fingerprint density at radius 3 is 2.77 bits per heavy atom. The normalized spacial score (nSPS) is 29.1. The quantitative estimate of drug-likeness (QED) is 0.828. The topological polar surface area (TPSA) is 37.8 Å².